The maximum absolute atomic E-state index is 10.8. The van der Waals surface area contributed by atoms with Crippen LogP contribution in [0.25, 0.3) is 0 Å². The van der Waals surface area contributed by atoms with Crippen molar-refractivity contribution in [1.29, 1.82) is 0 Å². The highest BCUT2D eigenvalue weighted by Crippen LogP contribution is 1.97. The standard InChI is InChI=1S/C7H8NO2/c1-2-10-7(9)6-4-3-5-8-6/h2-5,8H,1H3. The van der Waals surface area contributed by atoms with Crippen LogP contribution >= 0.6 is 0 Å². The minimum Gasteiger partial charge on any atom is -0.454 e. The highest BCUT2D eigenvalue weighted by Gasteiger charge is 2.04. The highest BCUT2D eigenvalue weighted by atomic mass is 16.5. The van der Waals surface area contributed by atoms with Gasteiger partial charge in [-0.3, -0.25) is 0 Å². The minimum absolute atomic E-state index is 0.354. The molecule has 3 nitrogen and oxygen atoms in total. The molecule has 1 heterocycles. The number of aromatic amines is 1. The molecule has 1 aromatic heterocycles. The molecule has 0 aliphatic rings. The maximum atomic E-state index is 10.8. The molecule has 1 N–H and O–H groups in total. The van der Waals surface area contributed by atoms with Crippen LogP contribution in [-0.4, -0.2) is 11.0 Å². The largest absolute Gasteiger partial charge is 0.454 e. The summed E-state index contributed by atoms with van der Waals surface area (Å²) in [5.74, 6) is -0.354. The average molecular weight is 138 g/mol. The normalized spacial score (nSPS) is 9.30. The fourth-order valence-corrected chi connectivity index (χ4v) is 0.628. The first kappa shape index (κ1) is 6.86. The molecule has 53 valence electrons. The summed E-state index contributed by atoms with van der Waals surface area (Å²) in [6.07, 6.45) is 1.67. The quantitative estimate of drug-likeness (QED) is 0.627. The van der Waals surface area contributed by atoms with Gasteiger partial charge in [0.15, 0.2) is 0 Å². The van der Waals surface area contributed by atoms with Gasteiger partial charge < -0.3 is 9.72 Å². The number of hydrogen-bond donors (Lipinski definition) is 1. The molecule has 1 rings (SSSR count). The van der Waals surface area contributed by atoms with Crippen molar-refractivity contribution in [3.05, 3.63) is 30.6 Å². The van der Waals surface area contributed by atoms with Gasteiger partial charge in [0.05, 0.1) is 0 Å². The molecule has 0 aromatic carbocycles. The van der Waals surface area contributed by atoms with E-state index in [1.165, 1.54) is 6.61 Å². The first-order chi connectivity index (χ1) is 4.84. The highest BCUT2D eigenvalue weighted by molar-refractivity contribution is 5.87. The van der Waals surface area contributed by atoms with Gasteiger partial charge in [-0.1, -0.05) is 0 Å². The predicted octanol–water partition coefficient (Wildman–Crippen LogP) is 1.35. The van der Waals surface area contributed by atoms with Gasteiger partial charge in [0.25, 0.3) is 0 Å². The van der Waals surface area contributed by atoms with Gasteiger partial charge in [-0.05, 0) is 19.1 Å². The summed E-state index contributed by atoms with van der Waals surface area (Å²) in [6.45, 7) is 3.00. The Morgan fingerprint density at radius 3 is 3.10 bits per heavy atom. The Bertz CT molecular complexity index is 203. The van der Waals surface area contributed by atoms with Crippen LogP contribution in [0.5, 0.6) is 0 Å². The predicted molar refractivity (Wildman–Crippen MR) is 36.2 cm³/mol. The third-order valence-corrected chi connectivity index (χ3v) is 1.04. The third-order valence-electron chi connectivity index (χ3n) is 1.04. The first-order valence-electron chi connectivity index (χ1n) is 2.97. The SMILES string of the molecule is C[CH]OC(=O)c1ccc[nH]1. The fraction of sp³-hybridized carbons (Fsp3) is 0.143. The number of esters is 1. The van der Waals surface area contributed by atoms with Crippen LogP contribution in [0.15, 0.2) is 18.3 Å². The number of H-pyrrole nitrogens is 1. The summed E-state index contributed by atoms with van der Waals surface area (Å²) >= 11 is 0. The van der Waals surface area contributed by atoms with E-state index >= 15 is 0 Å². The molecule has 0 saturated carbocycles. The van der Waals surface area contributed by atoms with E-state index in [9.17, 15) is 4.79 Å². The molecule has 0 saturated heterocycles. The number of aromatic nitrogens is 1. The second-order valence-electron chi connectivity index (χ2n) is 1.72. The molecule has 0 bridgehead atoms. The lowest BCUT2D eigenvalue weighted by atomic mass is 10.4. The van der Waals surface area contributed by atoms with Gasteiger partial charge in [-0.25, -0.2) is 4.79 Å². The van der Waals surface area contributed by atoms with Crippen molar-refractivity contribution in [2.45, 2.75) is 6.92 Å². The minimum atomic E-state index is -0.354. The van der Waals surface area contributed by atoms with Gasteiger partial charge in [-0.15, -0.1) is 0 Å². The van der Waals surface area contributed by atoms with Crippen LogP contribution in [0.4, 0.5) is 0 Å². The molecular formula is C7H8NO2. The molecular weight excluding hydrogens is 130 g/mol. The van der Waals surface area contributed by atoms with Crippen LogP contribution < -0.4 is 0 Å². The van der Waals surface area contributed by atoms with Crippen molar-refractivity contribution in [1.82, 2.24) is 4.98 Å². The molecule has 0 amide bonds. The van der Waals surface area contributed by atoms with E-state index in [1.54, 1.807) is 25.3 Å². The van der Waals surface area contributed by atoms with Crippen molar-refractivity contribution in [3.63, 3.8) is 0 Å². The second kappa shape index (κ2) is 3.06. The maximum Gasteiger partial charge on any atom is 0.355 e. The molecule has 0 unspecified atom stereocenters. The van der Waals surface area contributed by atoms with Crippen LogP contribution in [-0.2, 0) is 4.74 Å². The number of rotatable bonds is 2. The van der Waals surface area contributed by atoms with Crippen molar-refractivity contribution >= 4 is 5.97 Å². The number of hydrogen-bond acceptors (Lipinski definition) is 2. The van der Waals surface area contributed by atoms with E-state index in [0.717, 1.165) is 0 Å². The average Bonchev–Trinajstić information content (AvgIpc) is 2.38. The van der Waals surface area contributed by atoms with Gasteiger partial charge in [0.1, 0.15) is 12.3 Å². The summed E-state index contributed by atoms with van der Waals surface area (Å²) < 4.78 is 4.59. The van der Waals surface area contributed by atoms with Crippen molar-refractivity contribution in [2.75, 3.05) is 0 Å². The Kier molecular flexibility index (Phi) is 2.10. The van der Waals surface area contributed by atoms with E-state index in [2.05, 4.69) is 9.72 Å². The number of ether oxygens (including phenoxy) is 1. The van der Waals surface area contributed by atoms with Crippen LogP contribution in [0.2, 0.25) is 0 Å². The van der Waals surface area contributed by atoms with E-state index in [4.69, 9.17) is 0 Å². The lowest BCUT2D eigenvalue weighted by molar-refractivity contribution is 0.0606. The first-order valence-corrected chi connectivity index (χ1v) is 2.97. The Morgan fingerprint density at radius 1 is 1.80 bits per heavy atom. The summed E-state index contributed by atoms with van der Waals surface area (Å²) in [5.41, 5.74) is 0.470. The zero-order valence-electron chi connectivity index (χ0n) is 5.63. The van der Waals surface area contributed by atoms with E-state index in [-0.39, 0.29) is 5.97 Å². The van der Waals surface area contributed by atoms with E-state index in [1.807, 2.05) is 0 Å². The van der Waals surface area contributed by atoms with Crippen LogP contribution in [0, 0.1) is 6.61 Å². The summed E-state index contributed by atoms with van der Waals surface area (Å²) in [6, 6.07) is 3.40. The molecule has 0 atom stereocenters. The van der Waals surface area contributed by atoms with Crippen LogP contribution in [0.1, 0.15) is 17.4 Å². The van der Waals surface area contributed by atoms with Crippen molar-refractivity contribution < 1.29 is 9.53 Å². The topological polar surface area (TPSA) is 42.1 Å². The Balaban J connectivity index is 2.59. The molecule has 1 radical (unpaired) electrons. The number of carbonyl (C=O) groups excluding carboxylic acids is 1. The Morgan fingerprint density at radius 2 is 2.60 bits per heavy atom. The summed E-state index contributed by atoms with van der Waals surface area (Å²) in [4.78, 5) is 13.5. The molecule has 0 fully saturated rings. The van der Waals surface area contributed by atoms with Gasteiger partial charge in [0.2, 0.25) is 0 Å². The Labute approximate surface area is 59.0 Å². The molecule has 0 aliphatic heterocycles. The Hall–Kier alpha value is -1.25. The lowest BCUT2D eigenvalue weighted by Gasteiger charge is -1.95. The number of nitrogens with one attached hydrogen (secondary N) is 1. The number of carbonyl (C=O) groups is 1. The smallest absolute Gasteiger partial charge is 0.355 e. The fourth-order valence-electron chi connectivity index (χ4n) is 0.628. The zero-order chi connectivity index (χ0) is 7.40. The monoisotopic (exact) mass is 138 g/mol. The zero-order valence-corrected chi connectivity index (χ0v) is 5.63. The second-order valence-corrected chi connectivity index (χ2v) is 1.72. The molecule has 3 heteroatoms. The van der Waals surface area contributed by atoms with Crippen molar-refractivity contribution in [3.8, 4) is 0 Å². The van der Waals surface area contributed by atoms with Gasteiger partial charge in [0, 0.05) is 6.20 Å². The summed E-state index contributed by atoms with van der Waals surface area (Å²) in [5, 5.41) is 0. The van der Waals surface area contributed by atoms with E-state index in [0.29, 0.717) is 5.69 Å². The van der Waals surface area contributed by atoms with Gasteiger partial charge >= 0.3 is 5.97 Å². The molecule has 0 spiro atoms. The van der Waals surface area contributed by atoms with Crippen molar-refractivity contribution in [2.24, 2.45) is 0 Å². The van der Waals surface area contributed by atoms with Crippen LogP contribution in [0.3, 0.4) is 0 Å². The lowest BCUT2D eigenvalue weighted by Crippen LogP contribution is -2.01. The molecule has 10 heavy (non-hydrogen) atoms. The molecule has 1 aromatic rings. The summed E-state index contributed by atoms with van der Waals surface area (Å²) in [7, 11) is 0. The van der Waals surface area contributed by atoms with Gasteiger partial charge in [-0.2, -0.15) is 0 Å². The third kappa shape index (κ3) is 1.37. The van der Waals surface area contributed by atoms with E-state index < -0.39 is 0 Å². The molecule has 0 aliphatic carbocycles.